The Morgan fingerprint density at radius 3 is 2.67 bits per heavy atom. The number of nitrogen functional groups attached to an aromatic ring is 1. The van der Waals surface area contributed by atoms with E-state index in [0.717, 1.165) is 0 Å². The zero-order valence-corrected chi connectivity index (χ0v) is 12.7. The van der Waals surface area contributed by atoms with Crippen molar-refractivity contribution < 1.29 is 18.7 Å². The molecule has 0 aliphatic carbocycles. The molecule has 0 aromatic heterocycles. The second kappa shape index (κ2) is 8.59. The Kier molecular flexibility index (Phi) is 7.11. The van der Waals surface area contributed by atoms with Gasteiger partial charge < -0.3 is 20.5 Å². The van der Waals surface area contributed by atoms with E-state index in [9.17, 15) is 9.18 Å². The molecular weight excluding hydrogens is 275 g/mol. The Hall–Kier alpha value is -1.66. The highest BCUT2D eigenvalue weighted by molar-refractivity contribution is 5.94. The lowest BCUT2D eigenvalue weighted by Gasteiger charge is -2.14. The van der Waals surface area contributed by atoms with Crippen molar-refractivity contribution in [2.75, 3.05) is 30.9 Å². The lowest BCUT2D eigenvalue weighted by Crippen LogP contribution is -2.29. The number of rotatable bonds is 8. The fraction of sp³-hybridized carbons (Fsp3) is 0.533. The fourth-order valence-electron chi connectivity index (χ4n) is 1.54. The van der Waals surface area contributed by atoms with Gasteiger partial charge in [-0.15, -0.1) is 0 Å². The Bertz CT molecular complexity index is 466. The lowest BCUT2D eigenvalue weighted by molar-refractivity contribution is -0.127. The maximum atomic E-state index is 13.0. The first-order valence-electron chi connectivity index (χ1n) is 6.95. The van der Waals surface area contributed by atoms with Crippen LogP contribution in [0.5, 0.6) is 0 Å². The summed E-state index contributed by atoms with van der Waals surface area (Å²) in [5.41, 5.74) is 5.86. The number of benzene rings is 1. The largest absolute Gasteiger partial charge is 0.396 e. The molecule has 0 saturated heterocycles. The molecule has 3 N–H and O–H groups in total. The van der Waals surface area contributed by atoms with Crippen LogP contribution in [-0.2, 0) is 14.3 Å². The van der Waals surface area contributed by atoms with Crippen LogP contribution in [0.4, 0.5) is 15.8 Å². The number of ether oxygens (including phenoxy) is 2. The molecule has 118 valence electrons. The summed E-state index contributed by atoms with van der Waals surface area (Å²) in [5, 5.41) is 2.62. The molecule has 0 saturated carbocycles. The van der Waals surface area contributed by atoms with E-state index in [1.807, 2.05) is 0 Å². The highest BCUT2D eigenvalue weighted by Gasteiger charge is 2.14. The zero-order chi connectivity index (χ0) is 15.8. The van der Waals surface area contributed by atoms with Gasteiger partial charge in [0.2, 0.25) is 0 Å². The third-order valence-electron chi connectivity index (χ3n) is 2.68. The van der Waals surface area contributed by atoms with E-state index in [1.54, 1.807) is 6.92 Å². The van der Waals surface area contributed by atoms with Gasteiger partial charge >= 0.3 is 0 Å². The minimum absolute atomic E-state index is 0.0107. The van der Waals surface area contributed by atoms with Crippen LogP contribution in [-0.4, -0.2) is 31.8 Å². The van der Waals surface area contributed by atoms with E-state index in [0.29, 0.717) is 31.4 Å². The van der Waals surface area contributed by atoms with Crippen molar-refractivity contribution >= 4 is 17.3 Å². The third-order valence-corrected chi connectivity index (χ3v) is 2.68. The first-order valence-corrected chi connectivity index (χ1v) is 6.95. The molecule has 0 bridgehead atoms. The summed E-state index contributed by atoms with van der Waals surface area (Å²) >= 11 is 0. The van der Waals surface area contributed by atoms with Gasteiger partial charge in [0, 0.05) is 12.3 Å². The molecule has 1 aromatic carbocycles. The van der Waals surface area contributed by atoms with E-state index in [2.05, 4.69) is 19.2 Å². The van der Waals surface area contributed by atoms with Crippen LogP contribution in [0.15, 0.2) is 18.2 Å². The first kappa shape index (κ1) is 17.4. The smallest absolute Gasteiger partial charge is 0.253 e. The number of carbonyl (C=O) groups excluding carboxylic acids is 1. The third kappa shape index (κ3) is 6.55. The minimum atomic E-state index is -0.626. The Balaban J connectivity index is 2.32. The number of amides is 1. The van der Waals surface area contributed by atoms with Crippen molar-refractivity contribution in [1.82, 2.24) is 0 Å². The maximum Gasteiger partial charge on any atom is 0.253 e. The molecule has 21 heavy (non-hydrogen) atoms. The maximum absolute atomic E-state index is 13.0. The molecule has 0 radical (unpaired) electrons. The molecule has 1 atom stereocenters. The topological polar surface area (TPSA) is 73.6 Å². The summed E-state index contributed by atoms with van der Waals surface area (Å²) in [5.74, 6) is -0.362. The second-order valence-electron chi connectivity index (χ2n) is 5.21. The summed E-state index contributed by atoms with van der Waals surface area (Å²) in [6.45, 7) is 7.21. The molecule has 0 fully saturated rings. The number of carbonyl (C=O) groups is 1. The van der Waals surface area contributed by atoms with Crippen LogP contribution in [0.25, 0.3) is 0 Å². The number of hydrogen-bond acceptors (Lipinski definition) is 4. The van der Waals surface area contributed by atoms with Crippen LogP contribution < -0.4 is 11.1 Å². The van der Waals surface area contributed by atoms with E-state index in [-0.39, 0.29) is 11.6 Å². The van der Waals surface area contributed by atoms with Gasteiger partial charge in [-0.05, 0) is 31.0 Å². The van der Waals surface area contributed by atoms with Gasteiger partial charge in [-0.2, -0.15) is 0 Å². The van der Waals surface area contributed by atoms with Gasteiger partial charge in [0.1, 0.15) is 11.9 Å². The molecule has 0 aliphatic heterocycles. The van der Waals surface area contributed by atoms with Crippen LogP contribution in [0.2, 0.25) is 0 Å². The van der Waals surface area contributed by atoms with Gasteiger partial charge in [0.25, 0.3) is 5.91 Å². The molecule has 1 unspecified atom stereocenters. The summed E-state index contributed by atoms with van der Waals surface area (Å²) in [4.78, 5) is 11.9. The van der Waals surface area contributed by atoms with Crippen LogP contribution >= 0.6 is 0 Å². The molecule has 5 nitrogen and oxygen atoms in total. The average Bonchev–Trinajstić information content (AvgIpc) is 2.42. The van der Waals surface area contributed by atoms with Gasteiger partial charge in [-0.25, -0.2) is 4.39 Å². The summed E-state index contributed by atoms with van der Waals surface area (Å²) in [7, 11) is 0. The fourth-order valence-corrected chi connectivity index (χ4v) is 1.54. The molecule has 1 amide bonds. The van der Waals surface area contributed by atoms with Gasteiger partial charge in [-0.1, -0.05) is 13.8 Å². The van der Waals surface area contributed by atoms with Crippen LogP contribution in [0.1, 0.15) is 20.8 Å². The highest BCUT2D eigenvalue weighted by atomic mass is 19.1. The predicted molar refractivity (Wildman–Crippen MR) is 80.5 cm³/mol. The van der Waals surface area contributed by atoms with Gasteiger partial charge in [-0.3, -0.25) is 4.79 Å². The van der Waals surface area contributed by atoms with Crippen LogP contribution in [0.3, 0.4) is 0 Å². The average molecular weight is 298 g/mol. The number of nitrogens with one attached hydrogen (secondary N) is 1. The van der Waals surface area contributed by atoms with E-state index >= 15 is 0 Å². The number of halogens is 1. The predicted octanol–water partition coefficient (Wildman–Crippen LogP) is 2.42. The van der Waals surface area contributed by atoms with Crippen LogP contribution in [0, 0.1) is 11.7 Å². The molecule has 1 aromatic rings. The van der Waals surface area contributed by atoms with Crippen molar-refractivity contribution in [3.05, 3.63) is 24.0 Å². The number of anilines is 2. The van der Waals surface area contributed by atoms with Gasteiger partial charge in [0.15, 0.2) is 0 Å². The molecule has 0 spiro atoms. The molecule has 0 heterocycles. The Labute approximate surface area is 124 Å². The number of hydrogen-bond donors (Lipinski definition) is 2. The number of nitrogens with two attached hydrogens (primary N) is 1. The quantitative estimate of drug-likeness (QED) is 0.571. The molecule has 1 rings (SSSR count). The van der Waals surface area contributed by atoms with Crippen molar-refractivity contribution in [1.29, 1.82) is 0 Å². The second-order valence-corrected chi connectivity index (χ2v) is 5.21. The van der Waals surface area contributed by atoms with Crippen molar-refractivity contribution in [2.24, 2.45) is 5.92 Å². The van der Waals surface area contributed by atoms with E-state index in [1.165, 1.54) is 18.2 Å². The van der Waals surface area contributed by atoms with E-state index in [4.69, 9.17) is 15.2 Å². The Morgan fingerprint density at radius 1 is 1.33 bits per heavy atom. The van der Waals surface area contributed by atoms with Crippen molar-refractivity contribution in [3.8, 4) is 0 Å². The summed E-state index contributed by atoms with van der Waals surface area (Å²) in [6, 6.07) is 4.02. The van der Waals surface area contributed by atoms with Crippen molar-refractivity contribution in [2.45, 2.75) is 26.9 Å². The van der Waals surface area contributed by atoms with Crippen molar-refractivity contribution in [3.63, 3.8) is 0 Å². The summed E-state index contributed by atoms with van der Waals surface area (Å²) in [6.07, 6.45) is -0.626. The minimum Gasteiger partial charge on any atom is -0.396 e. The molecule has 6 heteroatoms. The standard InChI is InChI=1S/C15H23FN2O3/c1-10(2)9-20-6-7-21-11(3)15(19)18-12-4-5-13(16)14(17)8-12/h4-5,8,10-11H,6-7,9,17H2,1-3H3,(H,18,19). The molecular formula is C15H23FN2O3. The zero-order valence-electron chi connectivity index (χ0n) is 12.7. The van der Waals surface area contributed by atoms with Gasteiger partial charge in [0.05, 0.1) is 18.9 Å². The highest BCUT2D eigenvalue weighted by Crippen LogP contribution is 2.16. The summed E-state index contributed by atoms with van der Waals surface area (Å²) < 4.78 is 23.7. The Morgan fingerprint density at radius 2 is 2.05 bits per heavy atom. The van der Waals surface area contributed by atoms with E-state index < -0.39 is 11.9 Å². The lowest BCUT2D eigenvalue weighted by atomic mass is 10.2. The monoisotopic (exact) mass is 298 g/mol. The molecule has 0 aliphatic rings. The SMILES string of the molecule is CC(C)COCCOC(C)C(=O)Nc1ccc(F)c(N)c1. The first-order chi connectivity index (χ1) is 9.90. The normalized spacial score (nSPS) is 12.4.